The van der Waals surface area contributed by atoms with Crippen LogP contribution in [0.25, 0.3) is 0 Å². The highest BCUT2D eigenvalue weighted by atomic mass is 79.9. The zero-order valence-electron chi connectivity index (χ0n) is 11.3. The van der Waals surface area contributed by atoms with Crippen molar-refractivity contribution in [3.8, 4) is 0 Å². The summed E-state index contributed by atoms with van der Waals surface area (Å²) in [4.78, 5) is 2.39. The molecule has 1 aliphatic heterocycles. The molecule has 0 unspecified atom stereocenters. The van der Waals surface area contributed by atoms with Crippen LogP contribution >= 0.6 is 15.9 Å². The van der Waals surface area contributed by atoms with Crippen LogP contribution in [0.5, 0.6) is 0 Å². The number of hydrogen-bond acceptors (Lipinski definition) is 1. The van der Waals surface area contributed by atoms with Crippen molar-refractivity contribution in [2.45, 2.75) is 25.9 Å². The second-order valence-corrected chi connectivity index (χ2v) is 6.09. The first kappa shape index (κ1) is 13.8. The first-order valence-corrected chi connectivity index (χ1v) is 7.75. The highest BCUT2D eigenvalue weighted by molar-refractivity contribution is 9.10. The molecule has 2 aromatic rings. The number of nitrogens with zero attached hydrogens (tertiary/aromatic N) is 1. The maximum atomic E-state index is 13.6. The van der Waals surface area contributed by atoms with Crippen LogP contribution in [-0.2, 0) is 19.5 Å². The van der Waals surface area contributed by atoms with E-state index in [4.69, 9.17) is 0 Å². The van der Waals surface area contributed by atoms with Crippen molar-refractivity contribution in [1.29, 1.82) is 0 Å². The second-order valence-electron chi connectivity index (χ2n) is 5.30. The molecule has 0 N–H and O–H groups in total. The summed E-state index contributed by atoms with van der Waals surface area (Å²) in [5, 5.41) is 0. The van der Waals surface area contributed by atoms with E-state index in [1.54, 1.807) is 6.07 Å². The van der Waals surface area contributed by atoms with Gasteiger partial charge >= 0.3 is 0 Å². The second kappa shape index (κ2) is 6.06. The van der Waals surface area contributed by atoms with E-state index in [0.29, 0.717) is 4.47 Å². The van der Waals surface area contributed by atoms with Gasteiger partial charge in [0.25, 0.3) is 0 Å². The van der Waals surface area contributed by atoms with Crippen molar-refractivity contribution in [2.75, 3.05) is 6.54 Å². The van der Waals surface area contributed by atoms with E-state index >= 15 is 0 Å². The largest absolute Gasteiger partial charge is 0.295 e. The Morgan fingerprint density at radius 2 is 1.85 bits per heavy atom. The number of rotatable bonds is 2. The van der Waals surface area contributed by atoms with Crippen molar-refractivity contribution < 1.29 is 4.39 Å². The fraction of sp³-hybridized carbons (Fsp3) is 0.294. The van der Waals surface area contributed by atoms with Gasteiger partial charge in [0, 0.05) is 13.1 Å². The summed E-state index contributed by atoms with van der Waals surface area (Å²) >= 11 is 3.36. The molecule has 20 heavy (non-hydrogen) atoms. The van der Waals surface area contributed by atoms with Gasteiger partial charge in [0.1, 0.15) is 5.82 Å². The highest BCUT2D eigenvalue weighted by Crippen LogP contribution is 2.24. The minimum atomic E-state index is -0.183. The highest BCUT2D eigenvalue weighted by Gasteiger charge is 2.15. The Bertz CT molecular complexity index is 612. The molecule has 0 saturated heterocycles. The van der Waals surface area contributed by atoms with Crippen LogP contribution in [0, 0.1) is 5.82 Å². The monoisotopic (exact) mass is 333 g/mol. The molecule has 1 aliphatic rings. The number of halogens is 2. The lowest BCUT2D eigenvalue weighted by molar-refractivity contribution is 0.260. The first-order valence-electron chi connectivity index (χ1n) is 6.96. The topological polar surface area (TPSA) is 3.24 Å². The third-order valence-corrected chi connectivity index (χ3v) is 4.75. The molecular formula is C17H17BrFN. The van der Waals surface area contributed by atoms with E-state index in [9.17, 15) is 4.39 Å². The Morgan fingerprint density at radius 3 is 2.70 bits per heavy atom. The van der Waals surface area contributed by atoms with Crippen LogP contribution in [0.1, 0.15) is 23.1 Å². The summed E-state index contributed by atoms with van der Waals surface area (Å²) in [6.45, 7) is 2.78. The van der Waals surface area contributed by atoms with E-state index in [1.165, 1.54) is 17.2 Å². The summed E-state index contributed by atoms with van der Waals surface area (Å²) in [7, 11) is 0. The van der Waals surface area contributed by atoms with E-state index in [-0.39, 0.29) is 5.82 Å². The molecule has 3 rings (SSSR count). The average molecular weight is 334 g/mol. The summed E-state index contributed by atoms with van der Waals surface area (Å²) in [5.74, 6) is -0.183. The minimum Gasteiger partial charge on any atom is -0.295 e. The van der Waals surface area contributed by atoms with Gasteiger partial charge in [-0.25, -0.2) is 4.39 Å². The maximum absolute atomic E-state index is 13.6. The predicted molar refractivity (Wildman–Crippen MR) is 83.0 cm³/mol. The summed E-state index contributed by atoms with van der Waals surface area (Å²) in [6.07, 6.45) is 2.29. The van der Waals surface area contributed by atoms with E-state index in [2.05, 4.69) is 45.1 Å². The average Bonchev–Trinajstić information content (AvgIpc) is 2.65. The molecule has 0 aliphatic carbocycles. The SMILES string of the molecule is Fc1cccc(CN2CCCc3ccccc3C2)c1Br. The normalized spacial score (nSPS) is 15.7. The van der Waals surface area contributed by atoms with Crippen LogP contribution in [0.15, 0.2) is 46.9 Å². The Kier molecular flexibility index (Phi) is 4.18. The lowest BCUT2D eigenvalue weighted by atomic mass is 10.0. The molecule has 0 radical (unpaired) electrons. The number of aryl methyl sites for hydroxylation is 1. The summed E-state index contributed by atoms with van der Waals surface area (Å²) in [6, 6.07) is 13.9. The summed E-state index contributed by atoms with van der Waals surface area (Å²) in [5.41, 5.74) is 3.87. The first-order chi connectivity index (χ1) is 9.74. The summed E-state index contributed by atoms with van der Waals surface area (Å²) < 4.78 is 14.2. The number of benzene rings is 2. The lowest BCUT2D eigenvalue weighted by Gasteiger charge is -2.21. The predicted octanol–water partition coefficient (Wildman–Crippen LogP) is 4.54. The van der Waals surface area contributed by atoms with Crippen molar-refractivity contribution in [2.24, 2.45) is 0 Å². The van der Waals surface area contributed by atoms with Crippen LogP contribution in [0.2, 0.25) is 0 Å². The van der Waals surface area contributed by atoms with Crippen molar-refractivity contribution in [3.05, 3.63) is 69.4 Å². The minimum absolute atomic E-state index is 0.183. The number of fused-ring (bicyclic) bond motifs is 1. The van der Waals surface area contributed by atoms with Gasteiger partial charge in [0.2, 0.25) is 0 Å². The van der Waals surface area contributed by atoms with Crippen LogP contribution in [0.4, 0.5) is 4.39 Å². The third kappa shape index (κ3) is 2.94. The molecule has 0 bridgehead atoms. The standard InChI is InChI=1S/C17H17BrFN/c18-17-15(7-3-9-16(17)19)12-20-10-4-8-13-5-1-2-6-14(13)11-20/h1-3,5-7,9H,4,8,10-12H2. The Labute approximate surface area is 127 Å². The van der Waals surface area contributed by atoms with Gasteiger partial charge in [-0.05, 0) is 58.1 Å². The molecule has 3 heteroatoms. The van der Waals surface area contributed by atoms with Crippen LogP contribution < -0.4 is 0 Å². The van der Waals surface area contributed by atoms with E-state index in [1.807, 2.05) is 6.07 Å². The quantitative estimate of drug-likeness (QED) is 0.780. The molecule has 0 spiro atoms. The zero-order chi connectivity index (χ0) is 13.9. The fourth-order valence-corrected chi connectivity index (χ4v) is 3.20. The molecule has 0 atom stereocenters. The molecule has 1 heterocycles. The fourth-order valence-electron chi connectivity index (χ4n) is 2.82. The van der Waals surface area contributed by atoms with E-state index in [0.717, 1.165) is 38.0 Å². The molecule has 0 amide bonds. The van der Waals surface area contributed by atoms with Crippen molar-refractivity contribution in [3.63, 3.8) is 0 Å². The van der Waals surface area contributed by atoms with Gasteiger partial charge in [0.05, 0.1) is 4.47 Å². The lowest BCUT2D eigenvalue weighted by Crippen LogP contribution is -2.23. The molecule has 1 nitrogen and oxygen atoms in total. The smallest absolute Gasteiger partial charge is 0.137 e. The van der Waals surface area contributed by atoms with Crippen LogP contribution in [-0.4, -0.2) is 11.4 Å². The van der Waals surface area contributed by atoms with Crippen molar-refractivity contribution in [1.82, 2.24) is 4.90 Å². The van der Waals surface area contributed by atoms with Gasteiger partial charge in [-0.3, -0.25) is 4.90 Å². The van der Waals surface area contributed by atoms with Crippen molar-refractivity contribution >= 4 is 15.9 Å². The maximum Gasteiger partial charge on any atom is 0.137 e. The Hall–Kier alpha value is -1.19. The number of hydrogen-bond donors (Lipinski definition) is 0. The Balaban J connectivity index is 1.80. The molecule has 0 aromatic heterocycles. The molecule has 104 valence electrons. The molecular weight excluding hydrogens is 317 g/mol. The third-order valence-electron chi connectivity index (χ3n) is 3.86. The molecule has 0 saturated carbocycles. The van der Waals surface area contributed by atoms with Gasteiger partial charge in [-0.1, -0.05) is 36.4 Å². The van der Waals surface area contributed by atoms with Gasteiger partial charge in [0.15, 0.2) is 0 Å². The van der Waals surface area contributed by atoms with Gasteiger partial charge in [-0.15, -0.1) is 0 Å². The van der Waals surface area contributed by atoms with Gasteiger partial charge < -0.3 is 0 Å². The van der Waals surface area contributed by atoms with E-state index < -0.39 is 0 Å². The van der Waals surface area contributed by atoms with Crippen LogP contribution in [0.3, 0.4) is 0 Å². The molecule has 2 aromatic carbocycles. The zero-order valence-corrected chi connectivity index (χ0v) is 12.9. The molecule has 0 fully saturated rings. The Morgan fingerprint density at radius 1 is 1.05 bits per heavy atom. The van der Waals surface area contributed by atoms with Gasteiger partial charge in [-0.2, -0.15) is 0 Å².